The molecular weight excluding hydrogens is 290 g/mol. The molecule has 0 saturated heterocycles. The maximum Gasteiger partial charge on any atom is 0.135 e. The van der Waals surface area contributed by atoms with Gasteiger partial charge < -0.3 is 5.32 Å². The van der Waals surface area contributed by atoms with Gasteiger partial charge in [-0.25, -0.2) is 9.97 Å². The van der Waals surface area contributed by atoms with E-state index in [2.05, 4.69) is 38.1 Å². The SMILES string of the molecule is CCC(CC1CC1)Nc1cc(Br)nc(C2CC2)n1. The van der Waals surface area contributed by atoms with Crippen LogP contribution in [-0.2, 0) is 0 Å². The van der Waals surface area contributed by atoms with Crippen molar-refractivity contribution in [2.75, 3.05) is 5.32 Å². The van der Waals surface area contributed by atoms with E-state index < -0.39 is 0 Å². The Bertz CT molecular complexity index is 427. The van der Waals surface area contributed by atoms with Crippen LogP contribution in [0.3, 0.4) is 0 Å². The topological polar surface area (TPSA) is 37.8 Å². The van der Waals surface area contributed by atoms with Crippen molar-refractivity contribution in [1.29, 1.82) is 0 Å². The maximum absolute atomic E-state index is 4.66. The zero-order valence-electron chi connectivity index (χ0n) is 10.8. The molecule has 4 heteroatoms. The highest BCUT2D eigenvalue weighted by Crippen LogP contribution is 2.39. The monoisotopic (exact) mass is 309 g/mol. The van der Waals surface area contributed by atoms with Gasteiger partial charge in [0, 0.05) is 18.0 Å². The summed E-state index contributed by atoms with van der Waals surface area (Å²) in [6.07, 6.45) is 7.77. The molecule has 18 heavy (non-hydrogen) atoms. The average molecular weight is 310 g/mol. The molecule has 2 fully saturated rings. The van der Waals surface area contributed by atoms with Crippen LogP contribution in [0.15, 0.2) is 10.7 Å². The lowest BCUT2D eigenvalue weighted by Crippen LogP contribution is -2.20. The molecular formula is C14H20BrN3. The number of anilines is 1. The molecule has 0 aliphatic heterocycles. The molecule has 3 rings (SSSR count). The summed E-state index contributed by atoms with van der Waals surface area (Å²) < 4.78 is 0.906. The summed E-state index contributed by atoms with van der Waals surface area (Å²) in [5, 5.41) is 3.58. The van der Waals surface area contributed by atoms with Crippen LogP contribution in [0.2, 0.25) is 0 Å². The van der Waals surface area contributed by atoms with Crippen LogP contribution in [-0.4, -0.2) is 16.0 Å². The predicted octanol–water partition coefficient (Wildman–Crippen LogP) is 4.11. The Morgan fingerprint density at radius 1 is 1.33 bits per heavy atom. The van der Waals surface area contributed by atoms with Crippen molar-refractivity contribution in [1.82, 2.24) is 9.97 Å². The smallest absolute Gasteiger partial charge is 0.135 e. The van der Waals surface area contributed by atoms with Gasteiger partial charge in [-0.05, 0) is 47.5 Å². The van der Waals surface area contributed by atoms with E-state index in [0.717, 1.165) is 28.6 Å². The fourth-order valence-electron chi connectivity index (χ4n) is 2.33. The Morgan fingerprint density at radius 2 is 2.11 bits per heavy atom. The number of nitrogens with one attached hydrogen (secondary N) is 1. The standard InChI is InChI=1S/C14H20BrN3/c1-2-11(7-9-3-4-9)16-13-8-12(15)17-14(18-13)10-5-6-10/h8-11H,2-7H2,1H3,(H,16,17,18). The van der Waals surface area contributed by atoms with Gasteiger partial charge in [0.1, 0.15) is 16.2 Å². The zero-order chi connectivity index (χ0) is 12.5. The van der Waals surface area contributed by atoms with Gasteiger partial charge in [-0.15, -0.1) is 0 Å². The number of hydrogen-bond acceptors (Lipinski definition) is 3. The fraction of sp³-hybridized carbons (Fsp3) is 0.714. The number of aromatic nitrogens is 2. The number of halogens is 1. The van der Waals surface area contributed by atoms with E-state index in [0.29, 0.717) is 12.0 Å². The lowest BCUT2D eigenvalue weighted by molar-refractivity contribution is 0.584. The molecule has 0 aromatic carbocycles. The van der Waals surface area contributed by atoms with Crippen LogP contribution in [0, 0.1) is 5.92 Å². The lowest BCUT2D eigenvalue weighted by atomic mass is 10.1. The number of rotatable bonds is 6. The molecule has 1 heterocycles. The minimum atomic E-state index is 0.561. The molecule has 1 aromatic rings. The molecule has 0 amide bonds. The summed E-state index contributed by atoms with van der Waals surface area (Å²) in [6.45, 7) is 2.25. The summed E-state index contributed by atoms with van der Waals surface area (Å²) in [7, 11) is 0. The first-order valence-electron chi connectivity index (χ1n) is 7.05. The van der Waals surface area contributed by atoms with Gasteiger partial charge in [-0.2, -0.15) is 0 Å². The third kappa shape index (κ3) is 3.22. The number of nitrogens with zero attached hydrogens (tertiary/aromatic N) is 2. The summed E-state index contributed by atoms with van der Waals surface area (Å²) in [5.74, 6) is 3.56. The Balaban J connectivity index is 1.69. The van der Waals surface area contributed by atoms with Crippen LogP contribution in [0.4, 0.5) is 5.82 Å². The van der Waals surface area contributed by atoms with E-state index in [9.17, 15) is 0 Å². The molecule has 2 saturated carbocycles. The molecule has 1 N–H and O–H groups in total. The van der Waals surface area contributed by atoms with Crippen molar-refractivity contribution < 1.29 is 0 Å². The fourth-order valence-corrected chi connectivity index (χ4v) is 2.72. The van der Waals surface area contributed by atoms with E-state index >= 15 is 0 Å². The molecule has 98 valence electrons. The Kier molecular flexibility index (Phi) is 3.55. The molecule has 0 radical (unpaired) electrons. The number of hydrogen-bond donors (Lipinski definition) is 1. The van der Waals surface area contributed by atoms with Gasteiger partial charge in [0.15, 0.2) is 0 Å². The first-order valence-corrected chi connectivity index (χ1v) is 7.85. The van der Waals surface area contributed by atoms with Gasteiger partial charge in [-0.3, -0.25) is 0 Å². The van der Waals surface area contributed by atoms with E-state index in [1.165, 1.54) is 32.1 Å². The highest BCUT2D eigenvalue weighted by atomic mass is 79.9. The lowest BCUT2D eigenvalue weighted by Gasteiger charge is -2.17. The van der Waals surface area contributed by atoms with E-state index in [4.69, 9.17) is 0 Å². The van der Waals surface area contributed by atoms with Gasteiger partial charge in [0.25, 0.3) is 0 Å². The van der Waals surface area contributed by atoms with Gasteiger partial charge >= 0.3 is 0 Å². The largest absolute Gasteiger partial charge is 0.367 e. The molecule has 1 atom stereocenters. The maximum atomic E-state index is 4.66. The first kappa shape index (κ1) is 12.4. The molecule has 2 aliphatic carbocycles. The quantitative estimate of drug-likeness (QED) is 0.804. The van der Waals surface area contributed by atoms with Crippen molar-refractivity contribution >= 4 is 21.7 Å². The summed E-state index contributed by atoms with van der Waals surface area (Å²) >= 11 is 3.49. The van der Waals surface area contributed by atoms with E-state index in [1.807, 2.05) is 6.07 Å². The van der Waals surface area contributed by atoms with Crippen LogP contribution in [0.1, 0.15) is 57.2 Å². The first-order chi connectivity index (χ1) is 8.74. The van der Waals surface area contributed by atoms with Crippen LogP contribution < -0.4 is 5.32 Å². The molecule has 0 bridgehead atoms. The van der Waals surface area contributed by atoms with E-state index in [1.54, 1.807) is 0 Å². The highest BCUT2D eigenvalue weighted by molar-refractivity contribution is 9.10. The van der Waals surface area contributed by atoms with Crippen LogP contribution in [0.5, 0.6) is 0 Å². The molecule has 2 aliphatic rings. The average Bonchev–Trinajstić information content (AvgIpc) is 3.20. The highest BCUT2D eigenvalue weighted by Gasteiger charge is 2.28. The molecule has 0 spiro atoms. The van der Waals surface area contributed by atoms with Crippen molar-refractivity contribution in [3.8, 4) is 0 Å². The third-order valence-electron chi connectivity index (χ3n) is 3.81. The van der Waals surface area contributed by atoms with Crippen molar-refractivity contribution in [3.63, 3.8) is 0 Å². The predicted molar refractivity (Wildman–Crippen MR) is 76.7 cm³/mol. The minimum absolute atomic E-state index is 0.561. The molecule has 1 aromatic heterocycles. The Labute approximate surface area is 117 Å². The summed E-state index contributed by atoms with van der Waals surface area (Å²) in [4.78, 5) is 9.13. The summed E-state index contributed by atoms with van der Waals surface area (Å²) in [5.41, 5.74) is 0. The van der Waals surface area contributed by atoms with Crippen LogP contribution in [0.25, 0.3) is 0 Å². The second-order valence-corrected chi connectivity index (χ2v) is 6.45. The van der Waals surface area contributed by atoms with Crippen molar-refractivity contribution in [3.05, 3.63) is 16.5 Å². The normalized spacial score (nSPS) is 20.8. The second kappa shape index (κ2) is 5.16. The molecule has 1 unspecified atom stereocenters. The second-order valence-electron chi connectivity index (χ2n) is 5.64. The zero-order valence-corrected chi connectivity index (χ0v) is 12.4. The van der Waals surface area contributed by atoms with Gasteiger partial charge in [-0.1, -0.05) is 19.8 Å². The minimum Gasteiger partial charge on any atom is -0.367 e. The Hall–Kier alpha value is -0.640. The van der Waals surface area contributed by atoms with Gasteiger partial charge in [0.2, 0.25) is 0 Å². The van der Waals surface area contributed by atoms with Gasteiger partial charge in [0.05, 0.1) is 0 Å². The van der Waals surface area contributed by atoms with Crippen LogP contribution >= 0.6 is 15.9 Å². The summed E-state index contributed by atoms with van der Waals surface area (Å²) in [6, 6.07) is 2.56. The third-order valence-corrected chi connectivity index (χ3v) is 4.22. The molecule has 3 nitrogen and oxygen atoms in total. The Morgan fingerprint density at radius 3 is 2.72 bits per heavy atom. The van der Waals surface area contributed by atoms with Crippen molar-refractivity contribution in [2.24, 2.45) is 5.92 Å². The van der Waals surface area contributed by atoms with E-state index in [-0.39, 0.29) is 0 Å². The van der Waals surface area contributed by atoms with Crippen molar-refractivity contribution in [2.45, 2.75) is 57.4 Å².